The average molecular weight is 307 g/mol. The highest BCUT2D eigenvalue weighted by Crippen LogP contribution is 2.30. The van der Waals surface area contributed by atoms with E-state index in [4.69, 9.17) is 16.3 Å². The van der Waals surface area contributed by atoms with E-state index in [-0.39, 0.29) is 6.09 Å². The van der Waals surface area contributed by atoms with E-state index in [0.29, 0.717) is 19.1 Å². The van der Waals surface area contributed by atoms with Crippen LogP contribution >= 0.6 is 11.6 Å². The summed E-state index contributed by atoms with van der Waals surface area (Å²) < 4.78 is 5.10. The first kappa shape index (κ1) is 14.3. The third-order valence-corrected chi connectivity index (χ3v) is 4.23. The quantitative estimate of drug-likeness (QED) is 0.905. The van der Waals surface area contributed by atoms with Crippen molar-refractivity contribution in [2.24, 2.45) is 0 Å². The molecule has 1 aliphatic rings. The number of rotatable bonds is 2. The highest BCUT2D eigenvalue weighted by Gasteiger charge is 2.26. The Morgan fingerprint density at radius 3 is 3.14 bits per heavy atom. The molecule has 0 saturated carbocycles. The maximum Gasteiger partial charge on any atom is 0.409 e. The van der Waals surface area contributed by atoms with E-state index in [0.717, 1.165) is 35.3 Å². The number of H-pyrrole nitrogens is 1. The van der Waals surface area contributed by atoms with Crippen molar-refractivity contribution in [3.05, 3.63) is 35.0 Å². The Balaban J connectivity index is 1.79. The highest BCUT2D eigenvalue weighted by atomic mass is 35.5. The molecule has 1 amide bonds. The van der Waals surface area contributed by atoms with E-state index in [9.17, 15) is 4.79 Å². The smallest absolute Gasteiger partial charge is 0.409 e. The molecule has 112 valence electrons. The molecule has 1 saturated heterocycles. The van der Waals surface area contributed by atoms with Gasteiger partial charge in [0, 0.05) is 40.6 Å². The molecule has 2 aromatic rings. The standard InChI is InChI=1S/C16H19ClN2O2/c1-2-21-16(20)19-7-3-4-11(10-19)15-9-12-8-13(17)5-6-14(12)18-15/h5-6,8-9,11,18H,2-4,7,10H2,1H3. The molecule has 0 bridgehead atoms. The number of nitrogens with one attached hydrogen (secondary N) is 1. The number of halogens is 1. The van der Waals surface area contributed by atoms with Gasteiger partial charge in [-0.25, -0.2) is 4.79 Å². The largest absolute Gasteiger partial charge is 0.450 e. The van der Waals surface area contributed by atoms with E-state index in [1.165, 1.54) is 5.69 Å². The number of carbonyl (C=O) groups excluding carboxylic acids is 1. The van der Waals surface area contributed by atoms with Crippen LogP contribution in [0.4, 0.5) is 4.79 Å². The minimum atomic E-state index is -0.207. The van der Waals surface area contributed by atoms with Crippen LogP contribution in [0.2, 0.25) is 5.02 Å². The molecule has 4 nitrogen and oxygen atoms in total. The van der Waals surface area contributed by atoms with E-state index in [2.05, 4.69) is 11.1 Å². The summed E-state index contributed by atoms with van der Waals surface area (Å²) in [6.45, 7) is 3.74. The number of ether oxygens (including phenoxy) is 1. The number of fused-ring (bicyclic) bond motifs is 1. The van der Waals surface area contributed by atoms with Gasteiger partial charge in [0.15, 0.2) is 0 Å². The lowest BCUT2D eigenvalue weighted by molar-refractivity contribution is 0.0956. The van der Waals surface area contributed by atoms with Gasteiger partial charge in [-0.2, -0.15) is 0 Å². The first-order valence-corrected chi connectivity index (χ1v) is 7.75. The van der Waals surface area contributed by atoms with Gasteiger partial charge in [0.25, 0.3) is 0 Å². The van der Waals surface area contributed by atoms with Gasteiger partial charge in [-0.3, -0.25) is 0 Å². The highest BCUT2D eigenvalue weighted by molar-refractivity contribution is 6.31. The molecule has 1 unspecified atom stereocenters. The van der Waals surface area contributed by atoms with Crippen LogP contribution in [0.3, 0.4) is 0 Å². The summed E-state index contributed by atoms with van der Waals surface area (Å²) in [6.07, 6.45) is 1.87. The maximum atomic E-state index is 11.9. The lowest BCUT2D eigenvalue weighted by Gasteiger charge is -2.31. The van der Waals surface area contributed by atoms with Gasteiger partial charge in [-0.05, 0) is 44.0 Å². The molecule has 1 N–H and O–H groups in total. The van der Waals surface area contributed by atoms with Crippen LogP contribution in [0.25, 0.3) is 10.9 Å². The van der Waals surface area contributed by atoms with Gasteiger partial charge in [-0.1, -0.05) is 11.6 Å². The number of hydrogen-bond donors (Lipinski definition) is 1. The molecule has 3 rings (SSSR count). The summed E-state index contributed by atoms with van der Waals surface area (Å²) >= 11 is 6.03. The number of carbonyl (C=O) groups is 1. The molecular formula is C16H19ClN2O2. The monoisotopic (exact) mass is 306 g/mol. The number of nitrogens with zero attached hydrogens (tertiary/aromatic N) is 1. The molecule has 1 aromatic carbocycles. The fourth-order valence-electron chi connectivity index (χ4n) is 2.96. The number of amides is 1. The average Bonchev–Trinajstić information content (AvgIpc) is 2.90. The lowest BCUT2D eigenvalue weighted by Crippen LogP contribution is -2.39. The van der Waals surface area contributed by atoms with E-state index < -0.39 is 0 Å². The Morgan fingerprint density at radius 2 is 2.33 bits per heavy atom. The second kappa shape index (κ2) is 5.98. The summed E-state index contributed by atoms with van der Waals surface area (Å²) in [5, 5.41) is 1.86. The van der Waals surface area contributed by atoms with Gasteiger partial charge >= 0.3 is 6.09 Å². The molecule has 0 aliphatic carbocycles. The normalized spacial score (nSPS) is 19.0. The number of piperidine rings is 1. The van der Waals surface area contributed by atoms with Gasteiger partial charge in [0.05, 0.1) is 6.61 Å². The zero-order chi connectivity index (χ0) is 14.8. The third kappa shape index (κ3) is 3.00. The molecule has 5 heteroatoms. The minimum absolute atomic E-state index is 0.207. The van der Waals surface area contributed by atoms with Crippen LogP contribution in [0.15, 0.2) is 24.3 Å². The predicted molar refractivity (Wildman–Crippen MR) is 83.9 cm³/mol. The Bertz CT molecular complexity index is 653. The van der Waals surface area contributed by atoms with Crippen LogP contribution < -0.4 is 0 Å². The van der Waals surface area contributed by atoms with Gasteiger partial charge < -0.3 is 14.6 Å². The number of hydrogen-bond acceptors (Lipinski definition) is 2. The second-order valence-corrected chi connectivity index (χ2v) is 5.88. The first-order chi connectivity index (χ1) is 10.2. The number of aromatic nitrogens is 1. The Hall–Kier alpha value is -1.68. The van der Waals surface area contributed by atoms with Crippen LogP contribution in [-0.4, -0.2) is 35.7 Å². The van der Waals surface area contributed by atoms with Crippen molar-refractivity contribution in [3.8, 4) is 0 Å². The molecule has 1 aromatic heterocycles. The molecule has 0 spiro atoms. The van der Waals surface area contributed by atoms with Crippen LogP contribution in [-0.2, 0) is 4.74 Å². The van der Waals surface area contributed by atoms with E-state index >= 15 is 0 Å². The molecule has 2 heterocycles. The molecule has 1 fully saturated rings. The molecular weight excluding hydrogens is 288 g/mol. The van der Waals surface area contributed by atoms with Crippen molar-refractivity contribution in [1.82, 2.24) is 9.88 Å². The summed E-state index contributed by atoms with van der Waals surface area (Å²) in [4.78, 5) is 17.1. The van der Waals surface area contributed by atoms with Crippen molar-refractivity contribution < 1.29 is 9.53 Å². The van der Waals surface area contributed by atoms with Crippen LogP contribution in [0.5, 0.6) is 0 Å². The second-order valence-electron chi connectivity index (χ2n) is 5.44. The SMILES string of the molecule is CCOC(=O)N1CCCC(c2cc3cc(Cl)ccc3[nH]2)C1. The Labute approximate surface area is 129 Å². The number of likely N-dealkylation sites (tertiary alicyclic amines) is 1. The van der Waals surface area contributed by atoms with Gasteiger partial charge in [0.1, 0.15) is 0 Å². The zero-order valence-corrected chi connectivity index (χ0v) is 12.8. The van der Waals surface area contributed by atoms with Crippen molar-refractivity contribution >= 4 is 28.6 Å². The molecule has 1 atom stereocenters. The summed E-state index contributed by atoms with van der Waals surface area (Å²) in [6, 6.07) is 7.98. The molecule has 21 heavy (non-hydrogen) atoms. The van der Waals surface area contributed by atoms with Crippen molar-refractivity contribution in [2.45, 2.75) is 25.7 Å². The summed E-state index contributed by atoms with van der Waals surface area (Å²) in [5.41, 5.74) is 2.25. The predicted octanol–water partition coefficient (Wildman–Crippen LogP) is 4.16. The maximum absolute atomic E-state index is 11.9. The molecule has 1 aliphatic heterocycles. The summed E-state index contributed by atoms with van der Waals surface area (Å²) in [7, 11) is 0. The topological polar surface area (TPSA) is 45.3 Å². The van der Waals surface area contributed by atoms with E-state index in [1.54, 1.807) is 4.90 Å². The van der Waals surface area contributed by atoms with Gasteiger partial charge in [0.2, 0.25) is 0 Å². The van der Waals surface area contributed by atoms with Crippen molar-refractivity contribution in [2.75, 3.05) is 19.7 Å². The molecule has 0 radical (unpaired) electrons. The number of benzene rings is 1. The van der Waals surface area contributed by atoms with Crippen LogP contribution in [0, 0.1) is 0 Å². The Kier molecular flexibility index (Phi) is 4.06. The first-order valence-electron chi connectivity index (χ1n) is 7.37. The fraction of sp³-hybridized carbons (Fsp3) is 0.438. The Morgan fingerprint density at radius 1 is 1.48 bits per heavy atom. The number of aromatic amines is 1. The minimum Gasteiger partial charge on any atom is -0.450 e. The van der Waals surface area contributed by atoms with Crippen molar-refractivity contribution in [3.63, 3.8) is 0 Å². The summed E-state index contributed by atoms with van der Waals surface area (Å²) in [5.74, 6) is 0.328. The lowest BCUT2D eigenvalue weighted by atomic mass is 9.95. The van der Waals surface area contributed by atoms with Gasteiger partial charge in [-0.15, -0.1) is 0 Å². The van der Waals surface area contributed by atoms with E-state index in [1.807, 2.05) is 25.1 Å². The zero-order valence-electron chi connectivity index (χ0n) is 12.1. The van der Waals surface area contributed by atoms with Crippen LogP contribution in [0.1, 0.15) is 31.4 Å². The van der Waals surface area contributed by atoms with Crippen molar-refractivity contribution in [1.29, 1.82) is 0 Å². The fourth-order valence-corrected chi connectivity index (χ4v) is 3.14. The third-order valence-electron chi connectivity index (χ3n) is 3.99.